The Morgan fingerprint density at radius 3 is 2.88 bits per heavy atom. The van der Waals surface area contributed by atoms with Crippen molar-refractivity contribution in [2.75, 3.05) is 12.8 Å². The second-order valence-corrected chi connectivity index (χ2v) is 8.16. The number of sulfonamides is 1. The Morgan fingerprint density at radius 1 is 1.40 bits per heavy atom. The summed E-state index contributed by atoms with van der Waals surface area (Å²) in [7, 11) is -3.23. The zero-order chi connectivity index (χ0) is 18.0. The first-order chi connectivity index (χ1) is 11.8. The molecule has 3 rings (SSSR count). The van der Waals surface area contributed by atoms with Crippen molar-refractivity contribution in [3.63, 3.8) is 0 Å². The van der Waals surface area contributed by atoms with E-state index in [1.54, 1.807) is 30.1 Å². The van der Waals surface area contributed by atoms with E-state index >= 15 is 0 Å². The highest BCUT2D eigenvalue weighted by Crippen LogP contribution is 2.16. The van der Waals surface area contributed by atoms with E-state index in [1.807, 2.05) is 10.7 Å². The molecule has 1 aliphatic rings. The van der Waals surface area contributed by atoms with Crippen LogP contribution in [0.15, 0.2) is 24.5 Å². The van der Waals surface area contributed by atoms with Gasteiger partial charge in [-0.05, 0) is 25.5 Å². The van der Waals surface area contributed by atoms with E-state index in [-0.39, 0.29) is 5.91 Å². The predicted molar refractivity (Wildman–Crippen MR) is 90.9 cm³/mol. The summed E-state index contributed by atoms with van der Waals surface area (Å²) in [6, 6.07) is 3.21. The summed E-state index contributed by atoms with van der Waals surface area (Å²) in [6.07, 6.45) is 5.30. The molecule has 0 radical (unpaired) electrons. The molecule has 0 saturated carbocycles. The molecule has 136 valence electrons. The standard InChI is InChI=1S/C15H22N6O3S/c1-12(20-7-3-5-17-20)15(22)16-10-13-9-14-11-19(25(2,23)24)6-4-8-21(14)18-13/h3,5,7,9,12H,4,6,8,10-11H2,1-2H3,(H,16,22). The number of carbonyl (C=O) groups is 1. The fourth-order valence-corrected chi connectivity index (χ4v) is 3.64. The average molecular weight is 366 g/mol. The summed E-state index contributed by atoms with van der Waals surface area (Å²) in [5.74, 6) is -0.148. The quantitative estimate of drug-likeness (QED) is 0.810. The van der Waals surface area contributed by atoms with Crippen LogP contribution in [0, 0.1) is 0 Å². The monoisotopic (exact) mass is 366 g/mol. The van der Waals surface area contributed by atoms with Gasteiger partial charge in [0.2, 0.25) is 15.9 Å². The van der Waals surface area contributed by atoms with Gasteiger partial charge in [-0.3, -0.25) is 14.2 Å². The van der Waals surface area contributed by atoms with Crippen molar-refractivity contribution < 1.29 is 13.2 Å². The number of aryl methyl sites for hydroxylation is 1. The molecule has 0 aliphatic carbocycles. The highest BCUT2D eigenvalue weighted by atomic mass is 32.2. The van der Waals surface area contributed by atoms with E-state index < -0.39 is 16.1 Å². The van der Waals surface area contributed by atoms with Crippen LogP contribution >= 0.6 is 0 Å². The van der Waals surface area contributed by atoms with E-state index in [1.165, 1.54) is 10.6 Å². The number of carbonyl (C=O) groups excluding carboxylic acids is 1. The van der Waals surface area contributed by atoms with Crippen LogP contribution in [0.2, 0.25) is 0 Å². The maximum absolute atomic E-state index is 12.2. The second kappa shape index (κ2) is 6.96. The molecule has 1 unspecified atom stereocenters. The molecule has 1 atom stereocenters. The first-order valence-electron chi connectivity index (χ1n) is 8.12. The molecule has 10 heteroatoms. The van der Waals surface area contributed by atoms with Crippen LogP contribution in [-0.2, 0) is 34.5 Å². The smallest absolute Gasteiger partial charge is 0.244 e. The van der Waals surface area contributed by atoms with E-state index in [0.29, 0.717) is 38.3 Å². The average Bonchev–Trinajstić information content (AvgIpc) is 3.17. The zero-order valence-corrected chi connectivity index (χ0v) is 15.1. The summed E-state index contributed by atoms with van der Waals surface area (Å²) in [4.78, 5) is 12.2. The molecule has 25 heavy (non-hydrogen) atoms. The van der Waals surface area contributed by atoms with E-state index in [9.17, 15) is 13.2 Å². The summed E-state index contributed by atoms with van der Waals surface area (Å²) >= 11 is 0. The zero-order valence-electron chi connectivity index (χ0n) is 14.3. The minimum absolute atomic E-state index is 0.148. The molecular weight excluding hydrogens is 344 g/mol. The van der Waals surface area contributed by atoms with Gasteiger partial charge in [0.25, 0.3) is 0 Å². The van der Waals surface area contributed by atoms with Gasteiger partial charge in [-0.15, -0.1) is 0 Å². The highest BCUT2D eigenvalue weighted by Gasteiger charge is 2.23. The predicted octanol–water partition coefficient (Wildman–Crippen LogP) is 0.122. The van der Waals surface area contributed by atoms with Crippen LogP contribution in [0.4, 0.5) is 0 Å². The van der Waals surface area contributed by atoms with Crippen LogP contribution in [0.3, 0.4) is 0 Å². The molecule has 2 aromatic heterocycles. The third-order valence-electron chi connectivity index (χ3n) is 4.24. The fraction of sp³-hybridized carbons (Fsp3) is 0.533. The second-order valence-electron chi connectivity index (χ2n) is 6.18. The van der Waals surface area contributed by atoms with Crippen LogP contribution < -0.4 is 5.32 Å². The Hall–Kier alpha value is -2.20. The minimum Gasteiger partial charge on any atom is -0.349 e. The minimum atomic E-state index is -3.23. The summed E-state index contributed by atoms with van der Waals surface area (Å²) in [5, 5.41) is 11.4. The number of nitrogens with zero attached hydrogens (tertiary/aromatic N) is 5. The highest BCUT2D eigenvalue weighted by molar-refractivity contribution is 7.88. The first kappa shape index (κ1) is 17.6. The van der Waals surface area contributed by atoms with Gasteiger partial charge < -0.3 is 5.32 Å². The molecule has 1 amide bonds. The Kier molecular flexibility index (Phi) is 4.91. The van der Waals surface area contributed by atoms with Crippen molar-refractivity contribution in [3.8, 4) is 0 Å². The maximum Gasteiger partial charge on any atom is 0.244 e. The number of rotatable bonds is 5. The Labute approximate surface area is 146 Å². The van der Waals surface area contributed by atoms with Gasteiger partial charge in [-0.1, -0.05) is 0 Å². The van der Waals surface area contributed by atoms with Crippen LogP contribution in [0.5, 0.6) is 0 Å². The molecular formula is C15H22N6O3S. The van der Waals surface area contributed by atoms with E-state index in [0.717, 1.165) is 5.69 Å². The lowest BCUT2D eigenvalue weighted by atomic mass is 10.3. The number of aromatic nitrogens is 4. The van der Waals surface area contributed by atoms with Crippen LogP contribution in [0.1, 0.15) is 30.8 Å². The number of fused-ring (bicyclic) bond motifs is 1. The van der Waals surface area contributed by atoms with Gasteiger partial charge in [0.1, 0.15) is 6.04 Å². The Bertz CT molecular complexity index is 843. The third kappa shape index (κ3) is 4.07. The Balaban J connectivity index is 1.64. The topological polar surface area (TPSA) is 102 Å². The van der Waals surface area contributed by atoms with Gasteiger partial charge in [-0.2, -0.15) is 14.5 Å². The SMILES string of the molecule is CC(C(=O)NCc1cc2n(n1)CCCN(S(C)(=O)=O)C2)n1cccn1. The summed E-state index contributed by atoms with van der Waals surface area (Å²) in [6.45, 7) is 3.54. The molecule has 1 aliphatic heterocycles. The molecule has 0 bridgehead atoms. The number of hydrogen-bond acceptors (Lipinski definition) is 5. The number of nitrogens with one attached hydrogen (secondary N) is 1. The van der Waals surface area contributed by atoms with Crippen molar-refractivity contribution in [1.82, 2.24) is 29.2 Å². The Morgan fingerprint density at radius 2 is 2.20 bits per heavy atom. The van der Waals surface area contributed by atoms with Gasteiger partial charge in [0.05, 0.1) is 30.7 Å². The molecule has 1 N–H and O–H groups in total. The lowest BCUT2D eigenvalue weighted by molar-refractivity contribution is -0.124. The summed E-state index contributed by atoms with van der Waals surface area (Å²) in [5.41, 5.74) is 1.55. The van der Waals surface area contributed by atoms with E-state index in [4.69, 9.17) is 0 Å². The van der Waals surface area contributed by atoms with Crippen LogP contribution in [-0.4, -0.2) is 51.0 Å². The van der Waals surface area contributed by atoms with Gasteiger partial charge in [0.15, 0.2) is 0 Å². The van der Waals surface area contributed by atoms with Crippen molar-refractivity contribution in [3.05, 3.63) is 35.9 Å². The van der Waals surface area contributed by atoms with Gasteiger partial charge in [0, 0.05) is 25.5 Å². The first-order valence-corrected chi connectivity index (χ1v) is 9.97. The largest absolute Gasteiger partial charge is 0.349 e. The molecule has 0 aromatic carbocycles. The molecule has 0 spiro atoms. The fourth-order valence-electron chi connectivity index (χ4n) is 2.82. The lowest BCUT2D eigenvalue weighted by Crippen LogP contribution is -2.31. The van der Waals surface area contributed by atoms with Crippen molar-refractivity contribution >= 4 is 15.9 Å². The van der Waals surface area contributed by atoms with Crippen molar-refractivity contribution in [2.45, 2.75) is 39.0 Å². The van der Waals surface area contributed by atoms with Gasteiger partial charge >= 0.3 is 0 Å². The molecule has 0 fully saturated rings. The van der Waals surface area contributed by atoms with Crippen LogP contribution in [0.25, 0.3) is 0 Å². The van der Waals surface area contributed by atoms with E-state index in [2.05, 4.69) is 15.5 Å². The maximum atomic E-state index is 12.2. The van der Waals surface area contributed by atoms with Crippen molar-refractivity contribution in [2.24, 2.45) is 0 Å². The summed E-state index contributed by atoms with van der Waals surface area (Å²) < 4.78 is 28.4. The molecule has 0 saturated heterocycles. The number of amides is 1. The normalized spacial score (nSPS) is 16.9. The lowest BCUT2D eigenvalue weighted by Gasteiger charge is -2.16. The van der Waals surface area contributed by atoms with Crippen molar-refractivity contribution in [1.29, 1.82) is 0 Å². The third-order valence-corrected chi connectivity index (χ3v) is 5.49. The molecule has 9 nitrogen and oxygen atoms in total. The van der Waals surface area contributed by atoms with Gasteiger partial charge in [-0.25, -0.2) is 8.42 Å². The molecule has 3 heterocycles. The molecule has 2 aromatic rings. The number of hydrogen-bond donors (Lipinski definition) is 1.